The summed E-state index contributed by atoms with van der Waals surface area (Å²) in [6.07, 6.45) is 18.9. The number of hydrogen-bond donors (Lipinski definition) is 0. The molecular weight excluding hydrogens is 396 g/mol. The number of carbonyl (C=O) groups excluding carboxylic acids is 1. The third-order valence-corrected chi connectivity index (χ3v) is 5.69. The maximum Gasteiger partial charge on any atom is 0.342 e. The largest absolute Gasteiger partial charge is 0.493 e. The Morgan fingerprint density at radius 2 is 1.22 bits per heavy atom. The van der Waals surface area contributed by atoms with Gasteiger partial charge in [-0.25, -0.2) is 4.79 Å². The molecule has 3 nitrogen and oxygen atoms in total. The Morgan fingerprint density at radius 1 is 0.750 bits per heavy atom. The Bertz CT molecular complexity index is 601. The van der Waals surface area contributed by atoms with Crippen molar-refractivity contribution in [3.63, 3.8) is 0 Å². The molecule has 0 atom stereocenters. The van der Waals surface area contributed by atoms with Crippen molar-refractivity contribution in [1.82, 2.24) is 0 Å². The second kappa shape index (κ2) is 17.0. The van der Waals surface area contributed by atoms with Crippen molar-refractivity contribution < 1.29 is 14.3 Å². The van der Waals surface area contributed by atoms with Gasteiger partial charge in [0.05, 0.1) is 6.61 Å². The van der Waals surface area contributed by atoms with Gasteiger partial charge in [-0.2, -0.15) is 0 Å². The molecule has 0 saturated carbocycles. The second-order valence-corrected chi connectivity index (χ2v) is 10.6. The van der Waals surface area contributed by atoms with Gasteiger partial charge < -0.3 is 9.47 Å². The second-order valence-electron chi connectivity index (χ2n) is 10.6. The summed E-state index contributed by atoms with van der Waals surface area (Å²) in [5.74, 6) is 1.17. The molecule has 0 bridgehead atoms. The minimum atomic E-state index is -0.503. The monoisotopic (exact) mass is 446 g/mol. The fraction of sp³-hybridized carbons (Fsp3) is 0.759. The quantitative estimate of drug-likeness (QED) is 0.166. The molecule has 0 amide bonds. The Hall–Kier alpha value is -1.51. The molecule has 0 aromatic heterocycles. The van der Waals surface area contributed by atoms with Gasteiger partial charge in [0.25, 0.3) is 0 Å². The minimum absolute atomic E-state index is 0.320. The lowest BCUT2D eigenvalue weighted by atomic mass is 10.0. The molecule has 0 aliphatic carbocycles. The highest BCUT2D eigenvalue weighted by atomic mass is 16.6. The molecule has 32 heavy (non-hydrogen) atoms. The van der Waals surface area contributed by atoms with Crippen molar-refractivity contribution in [3.8, 4) is 5.75 Å². The number of carbonyl (C=O) groups is 1. The Balaban J connectivity index is 1.99. The van der Waals surface area contributed by atoms with Crippen molar-refractivity contribution in [3.05, 3.63) is 29.8 Å². The third kappa shape index (κ3) is 15.3. The molecule has 0 fully saturated rings. The van der Waals surface area contributed by atoms with Gasteiger partial charge in [0.2, 0.25) is 0 Å². The molecule has 0 spiro atoms. The van der Waals surface area contributed by atoms with Gasteiger partial charge >= 0.3 is 5.97 Å². The lowest BCUT2D eigenvalue weighted by Gasteiger charge is -2.20. The van der Waals surface area contributed by atoms with Gasteiger partial charge in [-0.05, 0) is 45.2 Å². The Kier molecular flexibility index (Phi) is 15.2. The van der Waals surface area contributed by atoms with Gasteiger partial charge in [-0.15, -0.1) is 0 Å². The summed E-state index contributed by atoms with van der Waals surface area (Å²) in [7, 11) is 0. The molecule has 0 heterocycles. The van der Waals surface area contributed by atoms with Crippen LogP contribution >= 0.6 is 0 Å². The van der Waals surface area contributed by atoms with Crippen LogP contribution in [0.15, 0.2) is 24.3 Å². The van der Waals surface area contributed by atoms with E-state index in [0.717, 1.165) is 12.3 Å². The van der Waals surface area contributed by atoms with E-state index in [-0.39, 0.29) is 5.97 Å². The van der Waals surface area contributed by atoms with Crippen molar-refractivity contribution in [2.24, 2.45) is 5.92 Å². The lowest BCUT2D eigenvalue weighted by Crippen LogP contribution is -2.24. The SMILES string of the molecule is CC(C)CCCCCCCCCCCCCCCOc1ccccc1C(=O)OC(C)(C)C. The summed E-state index contributed by atoms with van der Waals surface area (Å²) in [6, 6.07) is 7.37. The number of ether oxygens (including phenoxy) is 2. The van der Waals surface area contributed by atoms with E-state index in [1.807, 2.05) is 39.0 Å². The number of rotatable bonds is 18. The molecular formula is C29H50O3. The van der Waals surface area contributed by atoms with Gasteiger partial charge in [0.15, 0.2) is 0 Å². The first-order valence-electron chi connectivity index (χ1n) is 13.2. The molecule has 3 heteroatoms. The van der Waals surface area contributed by atoms with E-state index in [1.54, 1.807) is 6.07 Å². The van der Waals surface area contributed by atoms with Gasteiger partial charge in [-0.3, -0.25) is 0 Å². The molecule has 0 N–H and O–H groups in total. The Morgan fingerprint density at radius 3 is 1.72 bits per heavy atom. The summed E-state index contributed by atoms with van der Waals surface area (Å²) < 4.78 is 11.4. The Labute approximate surface area is 198 Å². The van der Waals surface area contributed by atoms with E-state index in [0.29, 0.717) is 17.9 Å². The topological polar surface area (TPSA) is 35.5 Å². The number of unbranched alkanes of at least 4 members (excludes halogenated alkanes) is 12. The number of esters is 1. The molecule has 1 aromatic carbocycles. The van der Waals surface area contributed by atoms with E-state index < -0.39 is 5.60 Å². The number of para-hydroxylation sites is 1. The summed E-state index contributed by atoms with van der Waals surface area (Å²) >= 11 is 0. The van der Waals surface area contributed by atoms with E-state index in [9.17, 15) is 4.79 Å². The first-order chi connectivity index (χ1) is 15.3. The van der Waals surface area contributed by atoms with Crippen LogP contribution < -0.4 is 4.74 Å². The average molecular weight is 447 g/mol. The first-order valence-corrected chi connectivity index (χ1v) is 13.2. The standard InChI is InChI=1S/C29H50O3/c1-25(2)21-17-15-13-11-9-7-6-8-10-12-14-16-20-24-31-27-23-19-18-22-26(27)28(30)32-29(3,4)5/h18-19,22-23,25H,6-17,20-21,24H2,1-5H3. The lowest BCUT2D eigenvalue weighted by molar-refractivity contribution is 0.00657. The summed E-state index contributed by atoms with van der Waals surface area (Å²) in [5, 5.41) is 0. The van der Waals surface area contributed by atoms with Crippen LogP contribution in [0.4, 0.5) is 0 Å². The maximum atomic E-state index is 12.4. The number of benzene rings is 1. The fourth-order valence-corrected chi connectivity index (χ4v) is 3.88. The van der Waals surface area contributed by atoms with Crippen molar-refractivity contribution in [2.45, 2.75) is 130 Å². The molecule has 1 aromatic rings. The summed E-state index contributed by atoms with van der Waals surface area (Å²) in [5.41, 5.74) is 0.00940. The van der Waals surface area contributed by atoms with E-state index in [1.165, 1.54) is 83.5 Å². The highest BCUT2D eigenvalue weighted by molar-refractivity contribution is 5.92. The fourth-order valence-electron chi connectivity index (χ4n) is 3.88. The van der Waals surface area contributed by atoms with Gasteiger partial charge in [0.1, 0.15) is 16.9 Å². The van der Waals surface area contributed by atoms with E-state index >= 15 is 0 Å². The van der Waals surface area contributed by atoms with Crippen molar-refractivity contribution in [1.29, 1.82) is 0 Å². The molecule has 0 unspecified atom stereocenters. The van der Waals surface area contributed by atoms with Crippen molar-refractivity contribution >= 4 is 5.97 Å². The zero-order chi connectivity index (χ0) is 23.7. The molecule has 0 radical (unpaired) electrons. The van der Waals surface area contributed by atoms with Gasteiger partial charge in [-0.1, -0.05) is 109 Å². The molecule has 0 aliphatic heterocycles. The third-order valence-electron chi connectivity index (χ3n) is 5.69. The zero-order valence-corrected chi connectivity index (χ0v) is 21.7. The van der Waals surface area contributed by atoms with Crippen LogP contribution in [0.25, 0.3) is 0 Å². The minimum Gasteiger partial charge on any atom is -0.493 e. The van der Waals surface area contributed by atoms with E-state index in [2.05, 4.69) is 13.8 Å². The van der Waals surface area contributed by atoms with Crippen LogP contribution in [0.5, 0.6) is 5.75 Å². The maximum absolute atomic E-state index is 12.4. The van der Waals surface area contributed by atoms with Crippen LogP contribution in [0, 0.1) is 5.92 Å². The molecule has 184 valence electrons. The zero-order valence-electron chi connectivity index (χ0n) is 21.7. The summed E-state index contributed by atoms with van der Waals surface area (Å²) in [6.45, 7) is 10.9. The van der Waals surface area contributed by atoms with Crippen LogP contribution in [0.1, 0.15) is 135 Å². The van der Waals surface area contributed by atoms with Crippen LogP contribution in [0.2, 0.25) is 0 Å². The van der Waals surface area contributed by atoms with Crippen LogP contribution in [0.3, 0.4) is 0 Å². The first kappa shape index (κ1) is 28.5. The predicted molar refractivity (Wildman–Crippen MR) is 137 cm³/mol. The van der Waals surface area contributed by atoms with Crippen molar-refractivity contribution in [2.75, 3.05) is 6.61 Å². The smallest absolute Gasteiger partial charge is 0.342 e. The molecule has 1 rings (SSSR count). The number of hydrogen-bond acceptors (Lipinski definition) is 3. The van der Waals surface area contributed by atoms with Gasteiger partial charge in [0, 0.05) is 0 Å². The van der Waals surface area contributed by atoms with E-state index in [4.69, 9.17) is 9.47 Å². The normalized spacial score (nSPS) is 11.7. The molecule has 0 aliphatic rings. The van der Waals surface area contributed by atoms with Crippen LogP contribution in [-0.2, 0) is 4.74 Å². The molecule has 0 saturated heterocycles. The summed E-state index contributed by atoms with van der Waals surface area (Å²) in [4.78, 5) is 12.4. The highest BCUT2D eigenvalue weighted by Crippen LogP contribution is 2.22. The van der Waals surface area contributed by atoms with Crippen LogP contribution in [-0.4, -0.2) is 18.2 Å². The average Bonchev–Trinajstić information content (AvgIpc) is 2.72. The highest BCUT2D eigenvalue weighted by Gasteiger charge is 2.20. The predicted octanol–water partition coefficient (Wildman–Crippen LogP) is 9.14.